The van der Waals surface area contributed by atoms with E-state index >= 15 is 0 Å². The monoisotopic (exact) mass is 337 g/mol. The number of aromatic nitrogens is 4. The minimum atomic E-state index is 0.209. The number of hydrogen-bond donors (Lipinski definition) is 2. The molecule has 6 nitrogen and oxygen atoms in total. The van der Waals surface area contributed by atoms with Crippen LogP contribution in [0.4, 0.5) is 5.82 Å². The van der Waals surface area contributed by atoms with Crippen molar-refractivity contribution in [1.29, 1.82) is 0 Å². The van der Waals surface area contributed by atoms with E-state index in [4.69, 9.17) is 5.73 Å². The highest BCUT2D eigenvalue weighted by atomic mass is 79.9. The second-order valence-corrected chi connectivity index (χ2v) is 5.96. The lowest BCUT2D eigenvalue weighted by molar-refractivity contribution is 0.260. The highest BCUT2D eigenvalue weighted by Gasteiger charge is 2.28. The zero-order valence-electron chi connectivity index (χ0n) is 11.0. The number of imidazole rings is 1. The number of nitrogen functional groups attached to an aromatic ring is 1. The Morgan fingerprint density at radius 1 is 1.40 bits per heavy atom. The van der Waals surface area contributed by atoms with Gasteiger partial charge >= 0.3 is 0 Å². The molecule has 3 rings (SSSR count). The molecule has 1 saturated carbocycles. The van der Waals surface area contributed by atoms with Gasteiger partial charge in [0.05, 0.1) is 5.76 Å². The van der Waals surface area contributed by atoms with Crippen molar-refractivity contribution in [1.82, 2.24) is 19.6 Å². The van der Waals surface area contributed by atoms with E-state index in [9.17, 15) is 5.11 Å². The third-order valence-corrected chi connectivity index (χ3v) is 4.56. The number of hydrogen-bond acceptors (Lipinski definition) is 5. The fourth-order valence-electron chi connectivity index (χ4n) is 2.88. The Kier molecular flexibility index (Phi) is 3.37. The van der Waals surface area contributed by atoms with E-state index in [-0.39, 0.29) is 5.92 Å². The Balaban J connectivity index is 1.92. The first-order valence-electron chi connectivity index (χ1n) is 6.60. The van der Waals surface area contributed by atoms with Crippen LogP contribution in [0.1, 0.15) is 37.4 Å². The molecular weight excluding hydrogens is 322 g/mol. The maximum Gasteiger partial charge on any atom is 0.154 e. The van der Waals surface area contributed by atoms with Crippen molar-refractivity contribution in [3.05, 3.63) is 29.1 Å². The van der Waals surface area contributed by atoms with Gasteiger partial charge in [0.25, 0.3) is 0 Å². The van der Waals surface area contributed by atoms with E-state index in [1.807, 2.05) is 0 Å². The fraction of sp³-hybridized carbons (Fsp3) is 0.462. The molecular formula is C13H16BrN5O. The molecule has 1 aliphatic carbocycles. The second kappa shape index (κ2) is 5.05. The lowest BCUT2D eigenvalue weighted by atomic mass is 9.81. The molecule has 2 aromatic heterocycles. The van der Waals surface area contributed by atoms with Gasteiger partial charge in [-0.2, -0.15) is 5.10 Å². The fourth-order valence-corrected chi connectivity index (χ4v) is 3.44. The van der Waals surface area contributed by atoms with Gasteiger partial charge in [-0.1, -0.05) is 6.58 Å². The zero-order chi connectivity index (χ0) is 14.3. The molecule has 20 heavy (non-hydrogen) atoms. The number of fused-ring (bicyclic) bond motifs is 1. The van der Waals surface area contributed by atoms with Gasteiger partial charge < -0.3 is 10.8 Å². The lowest BCUT2D eigenvalue weighted by Crippen LogP contribution is -2.17. The Hall–Kier alpha value is -1.63. The molecule has 1 aliphatic rings. The molecule has 0 radical (unpaired) electrons. The van der Waals surface area contributed by atoms with Crippen LogP contribution in [0.15, 0.2) is 23.3 Å². The normalized spacial score (nSPS) is 23.1. The minimum Gasteiger partial charge on any atom is -0.513 e. The summed E-state index contributed by atoms with van der Waals surface area (Å²) < 4.78 is 2.45. The standard InChI is InChI=1S/C13H16BrN5O/c1-7(20)8-2-4-9(5-3-8)13-18-11(14)10-12(15)16-6-17-19(10)13/h6,8-9,20H,1-5H2,(H2,15,16,17). The van der Waals surface area contributed by atoms with Gasteiger partial charge in [-0.3, -0.25) is 0 Å². The van der Waals surface area contributed by atoms with Gasteiger partial charge in [0.15, 0.2) is 5.82 Å². The van der Waals surface area contributed by atoms with Crippen LogP contribution in [0, 0.1) is 5.92 Å². The number of allylic oxidation sites excluding steroid dienone is 1. The van der Waals surface area contributed by atoms with Crippen LogP contribution < -0.4 is 5.73 Å². The van der Waals surface area contributed by atoms with Gasteiger partial charge in [0, 0.05) is 11.8 Å². The summed E-state index contributed by atoms with van der Waals surface area (Å²) in [6, 6.07) is 0. The van der Waals surface area contributed by atoms with Crippen LogP contribution in [0.3, 0.4) is 0 Å². The summed E-state index contributed by atoms with van der Waals surface area (Å²) in [5.41, 5.74) is 6.59. The summed E-state index contributed by atoms with van der Waals surface area (Å²) in [4.78, 5) is 8.55. The summed E-state index contributed by atoms with van der Waals surface area (Å²) >= 11 is 3.42. The zero-order valence-corrected chi connectivity index (χ0v) is 12.5. The Labute approximate surface area is 124 Å². The molecule has 2 aromatic rings. The van der Waals surface area contributed by atoms with Crippen molar-refractivity contribution in [2.45, 2.75) is 31.6 Å². The number of halogens is 1. The molecule has 3 N–H and O–H groups in total. The lowest BCUT2D eigenvalue weighted by Gasteiger charge is -2.26. The maximum absolute atomic E-state index is 9.49. The summed E-state index contributed by atoms with van der Waals surface area (Å²) in [7, 11) is 0. The van der Waals surface area contributed by atoms with Crippen LogP contribution in [0.25, 0.3) is 5.52 Å². The van der Waals surface area contributed by atoms with Gasteiger partial charge in [-0.25, -0.2) is 14.5 Å². The summed E-state index contributed by atoms with van der Waals surface area (Å²) in [6.07, 6.45) is 5.21. The van der Waals surface area contributed by atoms with E-state index in [0.717, 1.165) is 37.0 Å². The molecule has 0 spiro atoms. The number of nitrogens with zero attached hydrogens (tertiary/aromatic N) is 4. The largest absolute Gasteiger partial charge is 0.513 e. The molecule has 0 bridgehead atoms. The van der Waals surface area contributed by atoms with E-state index in [1.54, 1.807) is 4.52 Å². The average Bonchev–Trinajstić information content (AvgIpc) is 2.77. The van der Waals surface area contributed by atoms with E-state index < -0.39 is 0 Å². The van der Waals surface area contributed by atoms with Crippen molar-refractivity contribution in [2.75, 3.05) is 5.73 Å². The summed E-state index contributed by atoms with van der Waals surface area (Å²) in [5.74, 6) is 2.15. The van der Waals surface area contributed by atoms with Crippen molar-refractivity contribution in [3.8, 4) is 0 Å². The highest BCUT2D eigenvalue weighted by molar-refractivity contribution is 9.10. The van der Waals surface area contributed by atoms with Crippen molar-refractivity contribution >= 4 is 27.3 Å². The third-order valence-electron chi connectivity index (χ3n) is 4.01. The predicted octanol–water partition coefficient (Wildman–Crippen LogP) is 2.81. The van der Waals surface area contributed by atoms with Crippen molar-refractivity contribution < 1.29 is 5.11 Å². The van der Waals surface area contributed by atoms with Crippen molar-refractivity contribution in [3.63, 3.8) is 0 Å². The Morgan fingerprint density at radius 3 is 2.75 bits per heavy atom. The van der Waals surface area contributed by atoms with Gasteiger partial charge in [0.2, 0.25) is 0 Å². The molecule has 0 unspecified atom stereocenters. The molecule has 0 atom stereocenters. The van der Waals surface area contributed by atoms with Crippen LogP contribution in [0.2, 0.25) is 0 Å². The first-order valence-corrected chi connectivity index (χ1v) is 7.39. The van der Waals surface area contributed by atoms with E-state index in [1.165, 1.54) is 6.33 Å². The number of rotatable bonds is 2. The van der Waals surface area contributed by atoms with Gasteiger partial charge in [0.1, 0.15) is 22.3 Å². The maximum atomic E-state index is 9.49. The van der Waals surface area contributed by atoms with Gasteiger partial charge in [-0.05, 0) is 41.6 Å². The predicted molar refractivity (Wildman–Crippen MR) is 79.4 cm³/mol. The van der Waals surface area contributed by atoms with Crippen LogP contribution in [-0.4, -0.2) is 24.7 Å². The number of anilines is 1. The molecule has 106 valence electrons. The van der Waals surface area contributed by atoms with E-state index in [0.29, 0.717) is 22.1 Å². The van der Waals surface area contributed by atoms with Crippen LogP contribution in [0.5, 0.6) is 0 Å². The molecule has 7 heteroatoms. The average molecular weight is 338 g/mol. The molecule has 0 amide bonds. The Morgan fingerprint density at radius 2 is 2.10 bits per heavy atom. The first kappa shape index (κ1) is 13.4. The molecule has 0 saturated heterocycles. The number of nitrogens with two attached hydrogens (primary N) is 1. The van der Waals surface area contributed by atoms with Crippen LogP contribution >= 0.6 is 15.9 Å². The number of aliphatic hydroxyl groups is 1. The number of aliphatic hydroxyl groups excluding tert-OH is 1. The van der Waals surface area contributed by atoms with Gasteiger partial charge in [-0.15, -0.1) is 0 Å². The quantitative estimate of drug-likeness (QED) is 0.822. The SMILES string of the molecule is C=C(O)C1CCC(c2nc(Br)c3c(N)ncnn23)CC1. The van der Waals surface area contributed by atoms with E-state index in [2.05, 4.69) is 37.6 Å². The molecule has 0 aliphatic heterocycles. The Bertz CT molecular complexity index is 660. The molecule has 2 heterocycles. The molecule has 0 aromatic carbocycles. The topological polar surface area (TPSA) is 89.3 Å². The summed E-state index contributed by atoms with van der Waals surface area (Å²) in [6.45, 7) is 3.63. The van der Waals surface area contributed by atoms with Crippen LogP contribution in [-0.2, 0) is 0 Å². The molecule has 1 fully saturated rings. The van der Waals surface area contributed by atoms with Crippen molar-refractivity contribution in [2.24, 2.45) is 5.92 Å². The summed E-state index contributed by atoms with van der Waals surface area (Å²) in [5, 5.41) is 13.7. The smallest absolute Gasteiger partial charge is 0.154 e. The second-order valence-electron chi connectivity index (χ2n) is 5.21. The highest BCUT2D eigenvalue weighted by Crippen LogP contribution is 2.38. The minimum absolute atomic E-state index is 0.209. The first-order chi connectivity index (χ1) is 9.58. The third kappa shape index (κ3) is 2.15.